The van der Waals surface area contributed by atoms with E-state index in [2.05, 4.69) is 10.6 Å². The lowest BCUT2D eigenvalue weighted by Crippen LogP contribution is -2.38. The summed E-state index contributed by atoms with van der Waals surface area (Å²) in [6.07, 6.45) is -0.881. The SMILES string of the molecule is COc1ccc(C(O)CNC(=O)CNC(=O)c2cccc(F)c2)cc1. The minimum atomic E-state index is -0.881. The van der Waals surface area contributed by atoms with Crippen LogP contribution >= 0.6 is 0 Å². The first-order chi connectivity index (χ1) is 12.0. The van der Waals surface area contributed by atoms with E-state index in [0.717, 1.165) is 6.07 Å². The lowest BCUT2D eigenvalue weighted by atomic mass is 10.1. The number of benzene rings is 2. The van der Waals surface area contributed by atoms with E-state index in [9.17, 15) is 19.1 Å². The van der Waals surface area contributed by atoms with E-state index < -0.39 is 23.7 Å². The van der Waals surface area contributed by atoms with Crippen molar-refractivity contribution in [2.75, 3.05) is 20.2 Å². The molecule has 0 aliphatic carbocycles. The second-order valence-corrected chi connectivity index (χ2v) is 5.29. The molecule has 2 rings (SSSR count). The first kappa shape index (κ1) is 18.4. The molecule has 0 radical (unpaired) electrons. The molecule has 0 aromatic heterocycles. The van der Waals surface area contributed by atoms with E-state index in [-0.39, 0.29) is 18.7 Å². The van der Waals surface area contributed by atoms with Crippen LogP contribution in [-0.4, -0.2) is 37.1 Å². The van der Waals surface area contributed by atoms with Crippen LogP contribution in [0.5, 0.6) is 5.75 Å². The highest BCUT2D eigenvalue weighted by atomic mass is 19.1. The van der Waals surface area contributed by atoms with Crippen molar-refractivity contribution in [3.8, 4) is 5.75 Å². The highest BCUT2D eigenvalue weighted by Gasteiger charge is 2.11. The highest BCUT2D eigenvalue weighted by molar-refractivity contribution is 5.96. The van der Waals surface area contributed by atoms with Crippen molar-refractivity contribution in [2.24, 2.45) is 0 Å². The number of rotatable bonds is 7. The molecule has 0 aliphatic rings. The molecular weight excluding hydrogens is 327 g/mol. The van der Waals surface area contributed by atoms with Crippen molar-refractivity contribution in [1.29, 1.82) is 0 Å². The largest absolute Gasteiger partial charge is 0.497 e. The van der Waals surface area contributed by atoms with Gasteiger partial charge in [0.05, 0.1) is 19.8 Å². The number of hydrogen-bond acceptors (Lipinski definition) is 4. The number of aliphatic hydroxyl groups excluding tert-OH is 1. The molecule has 0 saturated heterocycles. The number of carbonyl (C=O) groups excluding carboxylic acids is 2. The van der Waals surface area contributed by atoms with Crippen LogP contribution in [0.4, 0.5) is 4.39 Å². The molecule has 1 atom stereocenters. The van der Waals surface area contributed by atoms with Gasteiger partial charge in [-0.2, -0.15) is 0 Å². The van der Waals surface area contributed by atoms with Gasteiger partial charge in [0.1, 0.15) is 11.6 Å². The minimum absolute atomic E-state index is 0.000990. The van der Waals surface area contributed by atoms with Crippen LogP contribution in [0.25, 0.3) is 0 Å². The molecule has 0 saturated carbocycles. The monoisotopic (exact) mass is 346 g/mol. The maximum Gasteiger partial charge on any atom is 0.251 e. The molecule has 2 amide bonds. The van der Waals surface area contributed by atoms with E-state index in [1.165, 1.54) is 18.2 Å². The summed E-state index contributed by atoms with van der Waals surface area (Å²) in [6.45, 7) is -0.272. The summed E-state index contributed by atoms with van der Waals surface area (Å²) >= 11 is 0. The fourth-order valence-electron chi connectivity index (χ4n) is 2.11. The summed E-state index contributed by atoms with van der Waals surface area (Å²) in [4.78, 5) is 23.6. The third kappa shape index (κ3) is 5.58. The van der Waals surface area contributed by atoms with Gasteiger partial charge in [-0.25, -0.2) is 4.39 Å². The Morgan fingerprint density at radius 3 is 2.52 bits per heavy atom. The summed E-state index contributed by atoms with van der Waals surface area (Å²) in [5, 5.41) is 14.9. The van der Waals surface area contributed by atoms with Crippen LogP contribution < -0.4 is 15.4 Å². The van der Waals surface area contributed by atoms with Crippen LogP contribution in [0.15, 0.2) is 48.5 Å². The maximum absolute atomic E-state index is 13.0. The molecule has 7 heteroatoms. The average Bonchev–Trinajstić information content (AvgIpc) is 2.64. The van der Waals surface area contributed by atoms with E-state index in [1.54, 1.807) is 31.4 Å². The van der Waals surface area contributed by atoms with Crippen molar-refractivity contribution in [3.63, 3.8) is 0 Å². The standard InChI is InChI=1S/C18H19FN2O4/c1-25-15-7-5-12(6-8-15)16(22)10-20-17(23)11-21-18(24)13-3-2-4-14(19)9-13/h2-9,16,22H,10-11H2,1H3,(H,20,23)(H,21,24). The minimum Gasteiger partial charge on any atom is -0.497 e. The first-order valence-corrected chi connectivity index (χ1v) is 7.62. The molecule has 1 unspecified atom stereocenters. The molecule has 0 aliphatic heterocycles. The van der Waals surface area contributed by atoms with Crippen LogP contribution in [0.3, 0.4) is 0 Å². The highest BCUT2D eigenvalue weighted by Crippen LogP contribution is 2.16. The fraction of sp³-hybridized carbons (Fsp3) is 0.222. The number of nitrogens with one attached hydrogen (secondary N) is 2. The lowest BCUT2D eigenvalue weighted by Gasteiger charge is -2.13. The molecule has 2 aromatic rings. The molecule has 0 bridgehead atoms. The number of aliphatic hydroxyl groups is 1. The maximum atomic E-state index is 13.0. The van der Waals surface area contributed by atoms with Gasteiger partial charge in [-0.15, -0.1) is 0 Å². The van der Waals surface area contributed by atoms with Gasteiger partial charge in [0, 0.05) is 12.1 Å². The third-order valence-corrected chi connectivity index (χ3v) is 3.49. The predicted octanol–water partition coefficient (Wildman–Crippen LogP) is 1.41. The summed E-state index contributed by atoms with van der Waals surface area (Å²) in [7, 11) is 1.55. The number of carbonyl (C=O) groups is 2. The van der Waals surface area contributed by atoms with E-state index in [1.807, 2.05) is 0 Å². The van der Waals surface area contributed by atoms with Crippen LogP contribution in [-0.2, 0) is 4.79 Å². The summed E-state index contributed by atoms with van der Waals surface area (Å²) in [5.74, 6) is -0.873. The smallest absolute Gasteiger partial charge is 0.251 e. The third-order valence-electron chi connectivity index (χ3n) is 3.49. The summed E-state index contributed by atoms with van der Waals surface area (Å²) < 4.78 is 18.1. The Bertz CT molecular complexity index is 734. The number of halogens is 1. The molecular formula is C18H19FN2O4. The lowest BCUT2D eigenvalue weighted by molar-refractivity contribution is -0.120. The topological polar surface area (TPSA) is 87.7 Å². The Kier molecular flexibility index (Phi) is 6.47. The molecule has 6 nitrogen and oxygen atoms in total. The number of ether oxygens (including phenoxy) is 1. The fourth-order valence-corrected chi connectivity index (χ4v) is 2.11. The van der Waals surface area contributed by atoms with Gasteiger partial charge < -0.3 is 20.5 Å². The van der Waals surface area contributed by atoms with Crippen LogP contribution in [0, 0.1) is 5.82 Å². The summed E-state index contributed by atoms with van der Waals surface area (Å²) in [5.41, 5.74) is 0.760. The number of hydrogen-bond donors (Lipinski definition) is 3. The average molecular weight is 346 g/mol. The van der Waals surface area contributed by atoms with Gasteiger partial charge >= 0.3 is 0 Å². The molecule has 0 heterocycles. The van der Waals surface area contributed by atoms with Crippen LogP contribution in [0.2, 0.25) is 0 Å². The van der Waals surface area contributed by atoms with Gasteiger partial charge in [-0.3, -0.25) is 9.59 Å². The Labute approximate surface area is 144 Å². The number of amides is 2. The molecule has 25 heavy (non-hydrogen) atoms. The number of methoxy groups -OCH3 is 1. The second-order valence-electron chi connectivity index (χ2n) is 5.29. The zero-order valence-electron chi connectivity index (χ0n) is 13.7. The van der Waals surface area contributed by atoms with Crippen molar-refractivity contribution >= 4 is 11.8 Å². The zero-order valence-corrected chi connectivity index (χ0v) is 13.7. The molecule has 0 fully saturated rings. The van der Waals surface area contributed by atoms with E-state index >= 15 is 0 Å². The molecule has 0 spiro atoms. The van der Waals surface area contributed by atoms with Crippen molar-refractivity contribution < 1.29 is 23.8 Å². The second kappa shape index (κ2) is 8.79. The van der Waals surface area contributed by atoms with Crippen LogP contribution in [0.1, 0.15) is 22.0 Å². The summed E-state index contributed by atoms with van der Waals surface area (Å²) in [6, 6.07) is 12.0. The Hall–Kier alpha value is -2.93. The quantitative estimate of drug-likeness (QED) is 0.707. The predicted molar refractivity (Wildman–Crippen MR) is 89.7 cm³/mol. The Balaban J connectivity index is 1.77. The Morgan fingerprint density at radius 1 is 1.16 bits per heavy atom. The Morgan fingerprint density at radius 2 is 1.88 bits per heavy atom. The van der Waals surface area contributed by atoms with Gasteiger partial charge in [0.2, 0.25) is 5.91 Å². The van der Waals surface area contributed by atoms with Gasteiger partial charge in [-0.1, -0.05) is 18.2 Å². The van der Waals surface area contributed by atoms with Gasteiger partial charge in [0.15, 0.2) is 0 Å². The van der Waals surface area contributed by atoms with Gasteiger partial charge in [0.25, 0.3) is 5.91 Å². The van der Waals surface area contributed by atoms with E-state index in [0.29, 0.717) is 11.3 Å². The van der Waals surface area contributed by atoms with Gasteiger partial charge in [-0.05, 0) is 35.9 Å². The first-order valence-electron chi connectivity index (χ1n) is 7.62. The molecule has 3 N–H and O–H groups in total. The van der Waals surface area contributed by atoms with Crippen molar-refractivity contribution in [3.05, 3.63) is 65.5 Å². The normalized spacial score (nSPS) is 11.5. The molecule has 132 valence electrons. The van der Waals surface area contributed by atoms with Crippen molar-refractivity contribution in [2.45, 2.75) is 6.10 Å². The zero-order chi connectivity index (χ0) is 18.2. The van der Waals surface area contributed by atoms with Crippen molar-refractivity contribution in [1.82, 2.24) is 10.6 Å². The molecule has 2 aromatic carbocycles. The van der Waals surface area contributed by atoms with E-state index in [4.69, 9.17) is 4.74 Å².